The molecule has 6 atom stereocenters. The SMILES string of the molecule is C1=CC2C(C=C1)C1(c3ccccc3)OC2(c2ccccc2)C2CCCCCCC21. The molecular weight excluding hydrogens is 352 g/mol. The summed E-state index contributed by atoms with van der Waals surface area (Å²) in [7, 11) is 0. The van der Waals surface area contributed by atoms with Crippen LogP contribution in [0.3, 0.4) is 0 Å². The molecule has 2 heterocycles. The van der Waals surface area contributed by atoms with Gasteiger partial charge in [-0.05, 0) is 35.8 Å². The van der Waals surface area contributed by atoms with Crippen molar-refractivity contribution in [3.8, 4) is 0 Å². The highest BCUT2D eigenvalue weighted by Gasteiger charge is 2.74. The average molecular weight is 383 g/mol. The summed E-state index contributed by atoms with van der Waals surface area (Å²) in [6.45, 7) is 0. The van der Waals surface area contributed by atoms with Gasteiger partial charge in [-0.15, -0.1) is 0 Å². The van der Waals surface area contributed by atoms with Crippen molar-refractivity contribution in [2.45, 2.75) is 49.7 Å². The molecule has 2 aromatic rings. The number of hydrogen-bond acceptors (Lipinski definition) is 1. The summed E-state index contributed by atoms with van der Waals surface area (Å²) in [5, 5.41) is 0. The first kappa shape index (κ1) is 17.7. The first-order valence-corrected chi connectivity index (χ1v) is 11.5. The van der Waals surface area contributed by atoms with Crippen molar-refractivity contribution in [3.05, 3.63) is 96.1 Å². The molecule has 0 spiro atoms. The molecule has 0 aromatic heterocycles. The van der Waals surface area contributed by atoms with Gasteiger partial charge in [-0.25, -0.2) is 0 Å². The lowest BCUT2D eigenvalue weighted by molar-refractivity contribution is -0.0838. The van der Waals surface area contributed by atoms with Crippen LogP contribution in [0, 0.1) is 23.7 Å². The predicted molar refractivity (Wildman–Crippen MR) is 117 cm³/mol. The van der Waals surface area contributed by atoms with Gasteiger partial charge >= 0.3 is 0 Å². The zero-order chi connectivity index (χ0) is 19.3. The third-order valence-electron chi connectivity index (χ3n) is 8.28. The van der Waals surface area contributed by atoms with E-state index in [0.717, 1.165) is 0 Å². The second-order valence-corrected chi connectivity index (χ2v) is 9.45. The predicted octanol–water partition coefficient (Wildman–Crippen LogP) is 6.77. The van der Waals surface area contributed by atoms with Gasteiger partial charge in [0, 0.05) is 11.8 Å². The standard InChI is InChI=1S/C28H30O/c1-2-10-18-24-23(17-9-1)27(21-13-5-3-6-14-21)25-19-11-12-20-26(25)28(24,29-27)22-15-7-4-8-16-22/h3-8,11-16,19-20,23-26H,1-2,9-10,17-18H2. The monoisotopic (exact) mass is 382 g/mol. The molecule has 2 saturated heterocycles. The van der Waals surface area contributed by atoms with Crippen molar-refractivity contribution in [3.63, 3.8) is 0 Å². The molecule has 0 radical (unpaired) electrons. The maximum Gasteiger partial charge on any atom is 0.104 e. The Balaban J connectivity index is 1.62. The second-order valence-electron chi connectivity index (χ2n) is 9.45. The molecule has 0 amide bonds. The summed E-state index contributed by atoms with van der Waals surface area (Å²) >= 11 is 0. The molecule has 6 unspecified atom stereocenters. The highest BCUT2D eigenvalue weighted by molar-refractivity contribution is 5.43. The van der Waals surface area contributed by atoms with Crippen LogP contribution in [-0.4, -0.2) is 0 Å². The van der Waals surface area contributed by atoms with Gasteiger partial charge in [-0.1, -0.05) is 111 Å². The van der Waals surface area contributed by atoms with Crippen LogP contribution < -0.4 is 0 Å². The average Bonchev–Trinajstić information content (AvgIpc) is 3.23. The van der Waals surface area contributed by atoms with E-state index in [9.17, 15) is 0 Å². The van der Waals surface area contributed by atoms with E-state index >= 15 is 0 Å². The number of fused-ring (bicyclic) bond motifs is 8. The molecule has 4 aliphatic rings. The van der Waals surface area contributed by atoms with Crippen LogP contribution in [0.25, 0.3) is 0 Å². The van der Waals surface area contributed by atoms with Gasteiger partial charge in [0.1, 0.15) is 11.2 Å². The number of benzene rings is 2. The van der Waals surface area contributed by atoms with Crippen LogP contribution in [0.2, 0.25) is 0 Å². The molecule has 2 aliphatic heterocycles. The van der Waals surface area contributed by atoms with E-state index in [-0.39, 0.29) is 11.2 Å². The number of ether oxygens (including phenoxy) is 1. The summed E-state index contributed by atoms with van der Waals surface area (Å²) in [5.41, 5.74) is 2.37. The van der Waals surface area contributed by atoms with Crippen molar-refractivity contribution in [2.24, 2.45) is 23.7 Å². The third kappa shape index (κ3) is 2.31. The summed E-state index contributed by atoms with van der Waals surface area (Å²) in [4.78, 5) is 0. The van der Waals surface area contributed by atoms with E-state index in [1.54, 1.807) is 0 Å². The quantitative estimate of drug-likeness (QED) is 0.557. The van der Waals surface area contributed by atoms with E-state index in [1.807, 2.05) is 0 Å². The molecule has 2 aliphatic carbocycles. The van der Waals surface area contributed by atoms with Crippen molar-refractivity contribution >= 4 is 0 Å². The summed E-state index contributed by atoms with van der Waals surface area (Å²) in [5.74, 6) is 2.00. The summed E-state index contributed by atoms with van der Waals surface area (Å²) in [6.07, 6.45) is 17.4. The second kappa shape index (κ2) is 6.71. The Labute approximate surface area is 174 Å². The van der Waals surface area contributed by atoms with Gasteiger partial charge < -0.3 is 4.74 Å². The number of allylic oxidation sites excluding steroid dienone is 2. The van der Waals surface area contributed by atoms with Gasteiger partial charge in [-0.2, -0.15) is 0 Å². The molecule has 29 heavy (non-hydrogen) atoms. The lowest BCUT2D eigenvalue weighted by Gasteiger charge is -2.48. The minimum atomic E-state index is -0.203. The van der Waals surface area contributed by atoms with Gasteiger partial charge in [0.05, 0.1) is 0 Å². The first-order valence-electron chi connectivity index (χ1n) is 11.5. The highest BCUT2D eigenvalue weighted by Crippen LogP contribution is 2.73. The molecule has 6 rings (SSSR count). The highest BCUT2D eigenvalue weighted by atomic mass is 16.5. The molecule has 1 nitrogen and oxygen atoms in total. The van der Waals surface area contributed by atoms with Crippen molar-refractivity contribution in [2.75, 3.05) is 0 Å². The van der Waals surface area contributed by atoms with Gasteiger partial charge in [0.2, 0.25) is 0 Å². The Morgan fingerprint density at radius 1 is 0.586 bits per heavy atom. The Kier molecular flexibility index (Phi) is 4.10. The maximum atomic E-state index is 7.52. The van der Waals surface area contributed by atoms with Crippen LogP contribution in [0.5, 0.6) is 0 Å². The maximum absolute atomic E-state index is 7.52. The van der Waals surface area contributed by atoms with Crippen LogP contribution in [0.1, 0.15) is 49.7 Å². The molecular formula is C28H30O. The van der Waals surface area contributed by atoms with Crippen LogP contribution in [0.15, 0.2) is 85.0 Å². The van der Waals surface area contributed by atoms with Crippen LogP contribution in [-0.2, 0) is 15.9 Å². The van der Waals surface area contributed by atoms with E-state index in [4.69, 9.17) is 4.74 Å². The Morgan fingerprint density at radius 2 is 1.03 bits per heavy atom. The van der Waals surface area contributed by atoms with Crippen LogP contribution in [0.4, 0.5) is 0 Å². The smallest absolute Gasteiger partial charge is 0.104 e. The topological polar surface area (TPSA) is 9.23 Å². The lowest BCUT2D eigenvalue weighted by atomic mass is 9.51. The molecule has 1 heteroatoms. The summed E-state index contributed by atoms with van der Waals surface area (Å²) < 4.78 is 7.52. The zero-order valence-electron chi connectivity index (χ0n) is 17.0. The first-order chi connectivity index (χ1) is 14.4. The minimum absolute atomic E-state index is 0.203. The van der Waals surface area contributed by atoms with Gasteiger partial charge in [-0.3, -0.25) is 0 Å². The fraction of sp³-hybridized carbons (Fsp3) is 0.429. The fourth-order valence-corrected chi connectivity index (χ4v) is 7.33. The molecule has 2 aromatic carbocycles. The molecule has 1 saturated carbocycles. The Hall–Kier alpha value is -2.12. The molecule has 3 fully saturated rings. The third-order valence-corrected chi connectivity index (χ3v) is 8.28. The van der Waals surface area contributed by atoms with E-state index in [1.165, 1.54) is 49.7 Å². The Bertz CT molecular complexity index is 852. The normalized spacial score (nSPS) is 40.1. The van der Waals surface area contributed by atoms with Crippen molar-refractivity contribution in [1.29, 1.82) is 0 Å². The number of rotatable bonds is 2. The van der Waals surface area contributed by atoms with Gasteiger partial charge in [0.15, 0.2) is 0 Å². The largest absolute Gasteiger partial charge is 0.357 e. The Morgan fingerprint density at radius 3 is 1.48 bits per heavy atom. The van der Waals surface area contributed by atoms with E-state index in [0.29, 0.717) is 23.7 Å². The fourth-order valence-electron chi connectivity index (χ4n) is 7.33. The lowest BCUT2D eigenvalue weighted by Crippen LogP contribution is -2.49. The van der Waals surface area contributed by atoms with E-state index in [2.05, 4.69) is 85.0 Å². The molecule has 2 bridgehead atoms. The van der Waals surface area contributed by atoms with Crippen molar-refractivity contribution < 1.29 is 4.74 Å². The zero-order valence-corrected chi connectivity index (χ0v) is 17.0. The van der Waals surface area contributed by atoms with Crippen molar-refractivity contribution in [1.82, 2.24) is 0 Å². The molecule has 148 valence electrons. The molecule has 0 N–H and O–H groups in total. The minimum Gasteiger partial charge on any atom is -0.357 e. The summed E-state index contributed by atoms with van der Waals surface area (Å²) in [6, 6.07) is 22.4. The van der Waals surface area contributed by atoms with Crippen LogP contribution >= 0.6 is 0 Å². The van der Waals surface area contributed by atoms with E-state index < -0.39 is 0 Å². The number of hydrogen-bond donors (Lipinski definition) is 0. The van der Waals surface area contributed by atoms with Gasteiger partial charge in [0.25, 0.3) is 0 Å².